The quantitative estimate of drug-likeness (QED) is 0.307. The van der Waals surface area contributed by atoms with Crippen LogP contribution in [0.1, 0.15) is 72.5 Å². The van der Waals surface area contributed by atoms with Gasteiger partial charge in [-0.05, 0) is 80.3 Å². The van der Waals surface area contributed by atoms with E-state index in [-0.39, 0.29) is 0 Å². The number of thiophene rings is 1. The highest BCUT2D eigenvalue weighted by Crippen LogP contribution is 2.49. The second-order valence-corrected chi connectivity index (χ2v) is 13.1. The van der Waals surface area contributed by atoms with Gasteiger partial charge in [-0.15, -0.1) is 11.3 Å². The molecule has 1 atom stereocenters. The third-order valence-corrected chi connectivity index (χ3v) is 10.5. The summed E-state index contributed by atoms with van der Waals surface area (Å²) in [6.45, 7) is 6.89. The van der Waals surface area contributed by atoms with Crippen molar-refractivity contribution in [3.8, 4) is 11.3 Å². The summed E-state index contributed by atoms with van der Waals surface area (Å²) in [5, 5.41) is 10.6. The lowest BCUT2D eigenvalue weighted by Crippen LogP contribution is -2.41. The van der Waals surface area contributed by atoms with Crippen molar-refractivity contribution in [2.24, 2.45) is 5.92 Å². The summed E-state index contributed by atoms with van der Waals surface area (Å²) in [6, 6.07) is 8.29. The van der Waals surface area contributed by atoms with Crippen LogP contribution in [0, 0.1) is 5.92 Å². The molecule has 0 amide bonds. The van der Waals surface area contributed by atoms with Gasteiger partial charge in [-0.3, -0.25) is 0 Å². The number of nitrogens with zero attached hydrogens (tertiary/aromatic N) is 3. The van der Waals surface area contributed by atoms with Gasteiger partial charge in [0.15, 0.2) is 0 Å². The monoisotopic (exact) mass is 569 g/mol. The number of aromatic nitrogens is 1. The number of benzene rings is 1. The first-order valence-corrected chi connectivity index (χ1v) is 15.9. The number of likely N-dealkylation sites (tertiary alicyclic amines) is 1. The van der Waals surface area contributed by atoms with Crippen molar-refractivity contribution < 1.29 is 14.6 Å². The first-order chi connectivity index (χ1) is 19.0. The normalized spacial score (nSPS) is 20.7. The number of ether oxygens (including phenoxy) is 1. The molecule has 1 saturated carbocycles. The molecule has 1 aliphatic carbocycles. The van der Waals surface area contributed by atoms with Crippen LogP contribution in [0.5, 0.6) is 0 Å². The number of carboxylic acids is 1. The van der Waals surface area contributed by atoms with Crippen LogP contribution >= 0.6 is 22.9 Å². The molecule has 4 heterocycles. The Hall–Kier alpha value is -2.06. The van der Waals surface area contributed by atoms with Gasteiger partial charge in [0.05, 0.1) is 15.9 Å². The van der Waals surface area contributed by atoms with E-state index in [0.717, 1.165) is 62.2 Å². The average molecular weight is 570 g/mol. The van der Waals surface area contributed by atoms with Crippen LogP contribution in [0.2, 0.25) is 5.02 Å². The van der Waals surface area contributed by atoms with Crippen molar-refractivity contribution in [3.05, 3.63) is 39.7 Å². The number of fused-ring (bicyclic) bond motifs is 5. The standard InChI is InChI=1S/C31H40ClN3O3S/c1-38-17-11-21-6-5-12-33(20-21)13-14-34-15-16-35-26-19-27(31(36)37)39-30(26)28(22-7-3-2-4-8-22)29(35)24-10-9-23(32)18-25(24)34/h9-10,18-19,21-22H,2-8,11-17,20H2,1H3,(H,36,37)/t21-/m0/s1. The number of piperidine rings is 1. The highest BCUT2D eigenvalue weighted by molar-refractivity contribution is 7.21. The van der Waals surface area contributed by atoms with Crippen LogP contribution in [-0.4, -0.2) is 67.0 Å². The summed E-state index contributed by atoms with van der Waals surface area (Å²) < 4.78 is 8.95. The maximum absolute atomic E-state index is 12.0. The zero-order chi connectivity index (χ0) is 26.9. The molecule has 1 N–H and O–H groups in total. The topological polar surface area (TPSA) is 57.9 Å². The number of carbonyl (C=O) groups is 1. The van der Waals surface area contributed by atoms with Gasteiger partial charge in [0.2, 0.25) is 0 Å². The molecule has 0 unspecified atom stereocenters. The fourth-order valence-electron chi connectivity index (χ4n) is 7.22. The van der Waals surface area contributed by atoms with Gasteiger partial charge in [-0.25, -0.2) is 4.79 Å². The third kappa shape index (κ3) is 5.48. The van der Waals surface area contributed by atoms with Gasteiger partial charge in [0.25, 0.3) is 0 Å². The van der Waals surface area contributed by atoms with Crippen molar-refractivity contribution >= 4 is 44.8 Å². The molecule has 0 spiro atoms. The Morgan fingerprint density at radius 1 is 1.08 bits per heavy atom. The minimum absolute atomic E-state index is 0.443. The lowest BCUT2D eigenvalue weighted by atomic mass is 9.83. The van der Waals surface area contributed by atoms with E-state index in [1.165, 1.54) is 90.0 Å². The van der Waals surface area contributed by atoms with Gasteiger partial charge in [0.1, 0.15) is 4.88 Å². The van der Waals surface area contributed by atoms with E-state index in [9.17, 15) is 9.90 Å². The van der Waals surface area contributed by atoms with Crippen molar-refractivity contribution in [2.75, 3.05) is 51.3 Å². The summed E-state index contributed by atoms with van der Waals surface area (Å²) in [5.41, 5.74) is 6.23. The van der Waals surface area contributed by atoms with Crippen molar-refractivity contribution in [3.63, 3.8) is 0 Å². The SMILES string of the molecule is COCC[C@@H]1CCCN(CCN2CCn3c(c(C4CCCCC4)c4sc(C(=O)O)cc43)-c3ccc(Cl)cc32)C1. The zero-order valence-corrected chi connectivity index (χ0v) is 24.5. The van der Waals surface area contributed by atoms with Crippen LogP contribution in [-0.2, 0) is 11.3 Å². The van der Waals surface area contributed by atoms with Gasteiger partial charge >= 0.3 is 5.97 Å². The lowest BCUT2D eigenvalue weighted by molar-refractivity contribution is 0.0702. The van der Waals surface area contributed by atoms with E-state index in [2.05, 4.69) is 26.5 Å². The molecule has 0 bridgehead atoms. The number of halogens is 1. The first-order valence-electron chi connectivity index (χ1n) is 14.7. The molecule has 6 rings (SSSR count). The Balaban J connectivity index is 1.35. The average Bonchev–Trinajstić information content (AvgIpc) is 3.46. The molecule has 2 aliphatic heterocycles. The molecule has 0 radical (unpaired) electrons. The fourth-order valence-corrected chi connectivity index (χ4v) is 8.51. The third-order valence-electron chi connectivity index (χ3n) is 9.17. The molecule has 1 aromatic carbocycles. The Labute approximate surface area is 240 Å². The summed E-state index contributed by atoms with van der Waals surface area (Å²) in [6.07, 6.45) is 9.85. The maximum atomic E-state index is 12.0. The number of hydrogen-bond acceptors (Lipinski definition) is 5. The number of rotatable bonds is 8. The Kier molecular flexibility index (Phi) is 8.22. The molecule has 1 saturated heterocycles. The molecular weight excluding hydrogens is 530 g/mol. The van der Waals surface area contributed by atoms with Crippen LogP contribution in [0.4, 0.5) is 5.69 Å². The number of hydrogen-bond donors (Lipinski definition) is 1. The summed E-state index contributed by atoms with van der Waals surface area (Å²) in [5.74, 6) is 0.372. The van der Waals surface area contributed by atoms with Crippen LogP contribution in [0.15, 0.2) is 24.3 Å². The number of aromatic carboxylic acids is 1. The number of methoxy groups -OCH3 is 1. The molecule has 6 nitrogen and oxygen atoms in total. The van der Waals surface area contributed by atoms with E-state index < -0.39 is 5.97 Å². The second kappa shape index (κ2) is 11.8. The molecule has 3 aliphatic rings. The molecule has 210 valence electrons. The van der Waals surface area contributed by atoms with Gasteiger partial charge in [-0.2, -0.15) is 0 Å². The largest absolute Gasteiger partial charge is 0.477 e. The van der Waals surface area contributed by atoms with E-state index in [4.69, 9.17) is 16.3 Å². The Morgan fingerprint density at radius 2 is 1.92 bits per heavy atom. The van der Waals surface area contributed by atoms with Crippen molar-refractivity contribution in [1.82, 2.24) is 9.47 Å². The summed E-state index contributed by atoms with van der Waals surface area (Å²) in [7, 11) is 1.80. The predicted molar refractivity (Wildman–Crippen MR) is 161 cm³/mol. The Bertz CT molecular complexity index is 1330. The highest BCUT2D eigenvalue weighted by Gasteiger charge is 2.32. The van der Waals surface area contributed by atoms with Gasteiger partial charge in [-0.1, -0.05) is 30.9 Å². The lowest BCUT2D eigenvalue weighted by Gasteiger charge is -2.35. The maximum Gasteiger partial charge on any atom is 0.345 e. The van der Waals surface area contributed by atoms with Gasteiger partial charge < -0.3 is 24.2 Å². The first kappa shape index (κ1) is 27.1. The molecule has 2 aromatic heterocycles. The molecule has 39 heavy (non-hydrogen) atoms. The Morgan fingerprint density at radius 3 is 2.72 bits per heavy atom. The van der Waals surface area contributed by atoms with E-state index in [1.807, 2.05) is 12.1 Å². The van der Waals surface area contributed by atoms with Gasteiger partial charge in [0, 0.05) is 62.7 Å². The smallest absolute Gasteiger partial charge is 0.345 e. The molecular formula is C31H40ClN3O3S. The minimum atomic E-state index is -0.826. The van der Waals surface area contributed by atoms with Crippen LogP contribution in [0.25, 0.3) is 21.5 Å². The molecule has 3 aromatic rings. The summed E-state index contributed by atoms with van der Waals surface area (Å²) >= 11 is 8.09. The highest BCUT2D eigenvalue weighted by atomic mass is 35.5. The zero-order valence-electron chi connectivity index (χ0n) is 23.0. The predicted octanol–water partition coefficient (Wildman–Crippen LogP) is 7.34. The fraction of sp³-hybridized carbons (Fsp3) is 0.581. The minimum Gasteiger partial charge on any atom is -0.477 e. The van der Waals surface area contributed by atoms with Crippen molar-refractivity contribution in [1.29, 1.82) is 0 Å². The van der Waals surface area contributed by atoms with Crippen molar-refractivity contribution in [2.45, 2.75) is 63.8 Å². The molecule has 8 heteroatoms. The van der Waals surface area contributed by atoms with E-state index in [0.29, 0.717) is 10.8 Å². The van der Waals surface area contributed by atoms with Crippen LogP contribution < -0.4 is 4.90 Å². The van der Waals surface area contributed by atoms with Crippen LogP contribution in [0.3, 0.4) is 0 Å². The summed E-state index contributed by atoms with van der Waals surface area (Å²) in [4.78, 5) is 17.6. The number of anilines is 1. The second-order valence-electron chi connectivity index (χ2n) is 11.6. The van der Waals surface area contributed by atoms with E-state index >= 15 is 0 Å². The number of carboxylic acid groups (broad SMARTS) is 1. The van der Waals surface area contributed by atoms with E-state index in [1.54, 1.807) is 7.11 Å². The molecule has 2 fully saturated rings.